The quantitative estimate of drug-likeness (QED) is 0.413. The number of urea groups is 1. The van der Waals surface area contributed by atoms with E-state index in [2.05, 4.69) is 33.1 Å². The van der Waals surface area contributed by atoms with Gasteiger partial charge in [-0.1, -0.05) is 30.4 Å². The van der Waals surface area contributed by atoms with E-state index in [-0.39, 0.29) is 6.03 Å². The third kappa shape index (κ3) is 7.73. The molecular formula is C21H30N4O3. The van der Waals surface area contributed by atoms with Crippen molar-refractivity contribution in [2.24, 2.45) is 0 Å². The Morgan fingerprint density at radius 1 is 1.07 bits per heavy atom. The molecule has 0 unspecified atom stereocenters. The predicted molar refractivity (Wildman–Crippen MR) is 111 cm³/mol. The number of hydrogen-bond donors (Lipinski definition) is 4. The lowest BCUT2D eigenvalue weighted by molar-refractivity contribution is 0.0534. The molecule has 0 aliphatic heterocycles. The van der Waals surface area contributed by atoms with Crippen molar-refractivity contribution >= 4 is 23.0 Å². The van der Waals surface area contributed by atoms with Crippen LogP contribution in [0.2, 0.25) is 0 Å². The first kappa shape index (κ1) is 21.3. The molecule has 0 saturated heterocycles. The van der Waals surface area contributed by atoms with E-state index in [1.807, 2.05) is 39.1 Å². The number of carbonyl (C=O) groups is 2. The van der Waals surface area contributed by atoms with Gasteiger partial charge in [0.1, 0.15) is 5.60 Å². The Kier molecular flexibility index (Phi) is 7.92. The molecule has 0 saturated carbocycles. The third-order valence-corrected chi connectivity index (χ3v) is 3.89. The molecule has 1 aromatic carbocycles. The van der Waals surface area contributed by atoms with Gasteiger partial charge >= 0.3 is 12.1 Å². The number of hydrogen-bond acceptors (Lipinski definition) is 3. The highest BCUT2D eigenvalue weighted by atomic mass is 16.6. The van der Waals surface area contributed by atoms with Crippen molar-refractivity contribution in [2.45, 2.75) is 39.2 Å². The van der Waals surface area contributed by atoms with E-state index >= 15 is 0 Å². The molecule has 4 N–H and O–H groups in total. The molecule has 0 aliphatic carbocycles. The molecule has 0 spiro atoms. The summed E-state index contributed by atoms with van der Waals surface area (Å²) < 4.78 is 5.12. The predicted octanol–water partition coefficient (Wildman–Crippen LogP) is 3.48. The second-order valence-corrected chi connectivity index (χ2v) is 7.45. The number of nitrogens with one attached hydrogen (secondary N) is 4. The molecule has 3 amide bonds. The van der Waals surface area contributed by atoms with Crippen molar-refractivity contribution in [3.05, 3.63) is 48.2 Å². The smallest absolute Gasteiger partial charge is 0.407 e. The summed E-state index contributed by atoms with van der Waals surface area (Å²) in [4.78, 5) is 26.5. The second kappa shape index (κ2) is 10.4. The van der Waals surface area contributed by atoms with Gasteiger partial charge in [-0.15, -0.1) is 0 Å². The topological polar surface area (TPSA) is 95.2 Å². The fraction of sp³-hybridized carbons (Fsp3) is 0.429. The highest BCUT2D eigenvalue weighted by molar-refractivity contribution is 5.83. The standard InChI is InChI=1S/C21H30N4O3/c1-21(2,3)28-20(27)24-13-7-6-12-22-19(26)23-14-8-9-16-15-25-18-11-5-4-10-17(16)18/h4-7,10-11,15,25H,8-9,12-14H2,1-3H3,(H,24,27)(H2,22,23,26)/b7-6+. The molecular weight excluding hydrogens is 356 g/mol. The SMILES string of the molecule is CC(C)(C)OC(=O)NC/C=C/CNC(=O)NCCCc1c[nH]c2ccccc12. The molecule has 152 valence electrons. The van der Waals surface area contributed by atoms with Crippen molar-refractivity contribution < 1.29 is 14.3 Å². The Labute approximate surface area is 165 Å². The van der Waals surface area contributed by atoms with E-state index < -0.39 is 11.7 Å². The van der Waals surface area contributed by atoms with Crippen LogP contribution in [0.4, 0.5) is 9.59 Å². The van der Waals surface area contributed by atoms with E-state index in [0.717, 1.165) is 18.4 Å². The van der Waals surface area contributed by atoms with Crippen LogP contribution in [0.5, 0.6) is 0 Å². The number of aryl methyl sites for hydroxylation is 1. The van der Waals surface area contributed by atoms with Gasteiger partial charge in [0, 0.05) is 36.7 Å². The average molecular weight is 386 g/mol. The van der Waals surface area contributed by atoms with E-state index in [4.69, 9.17) is 4.74 Å². The number of alkyl carbamates (subject to hydrolysis) is 1. The zero-order chi connectivity index (χ0) is 20.4. The maximum absolute atomic E-state index is 11.8. The number of ether oxygens (including phenoxy) is 1. The van der Waals surface area contributed by atoms with Crippen LogP contribution < -0.4 is 16.0 Å². The van der Waals surface area contributed by atoms with Crippen LogP contribution >= 0.6 is 0 Å². The number of amides is 3. The van der Waals surface area contributed by atoms with Crippen LogP contribution in [0.3, 0.4) is 0 Å². The molecule has 1 aromatic heterocycles. The summed E-state index contributed by atoms with van der Waals surface area (Å²) in [7, 11) is 0. The van der Waals surface area contributed by atoms with Crippen LogP contribution in [0.25, 0.3) is 10.9 Å². The first-order chi connectivity index (χ1) is 13.3. The minimum atomic E-state index is -0.512. The number of aromatic nitrogens is 1. The second-order valence-electron chi connectivity index (χ2n) is 7.45. The van der Waals surface area contributed by atoms with Gasteiger partial charge in [-0.2, -0.15) is 0 Å². The number of rotatable bonds is 8. The van der Waals surface area contributed by atoms with Gasteiger partial charge < -0.3 is 25.7 Å². The Morgan fingerprint density at radius 2 is 1.79 bits per heavy atom. The molecule has 0 radical (unpaired) electrons. The summed E-state index contributed by atoms with van der Waals surface area (Å²) in [5.74, 6) is 0. The molecule has 1 heterocycles. The van der Waals surface area contributed by atoms with Crippen LogP contribution in [-0.4, -0.2) is 42.3 Å². The maximum Gasteiger partial charge on any atom is 0.407 e. The number of H-pyrrole nitrogens is 1. The molecule has 2 rings (SSSR count). The summed E-state index contributed by atoms with van der Waals surface area (Å²) in [6.45, 7) is 6.78. The number of benzene rings is 1. The van der Waals surface area contributed by atoms with E-state index in [0.29, 0.717) is 19.6 Å². The van der Waals surface area contributed by atoms with Gasteiger partial charge in [0.25, 0.3) is 0 Å². The van der Waals surface area contributed by atoms with E-state index in [1.165, 1.54) is 10.9 Å². The largest absolute Gasteiger partial charge is 0.444 e. The first-order valence-electron chi connectivity index (χ1n) is 9.54. The number of aromatic amines is 1. The van der Waals surface area contributed by atoms with Gasteiger partial charge in [0.05, 0.1) is 0 Å². The van der Waals surface area contributed by atoms with Crippen LogP contribution in [0.1, 0.15) is 32.8 Å². The van der Waals surface area contributed by atoms with E-state index in [1.54, 1.807) is 12.2 Å². The third-order valence-electron chi connectivity index (χ3n) is 3.89. The minimum absolute atomic E-state index is 0.205. The molecule has 2 aromatic rings. The lowest BCUT2D eigenvalue weighted by atomic mass is 10.1. The van der Waals surface area contributed by atoms with Crippen molar-refractivity contribution in [2.75, 3.05) is 19.6 Å². The summed E-state index contributed by atoms with van der Waals surface area (Å²) >= 11 is 0. The summed E-state index contributed by atoms with van der Waals surface area (Å²) in [6.07, 6.45) is 6.88. The molecule has 0 aliphatic rings. The van der Waals surface area contributed by atoms with Gasteiger partial charge in [-0.25, -0.2) is 9.59 Å². The fourth-order valence-electron chi connectivity index (χ4n) is 2.66. The average Bonchev–Trinajstić information content (AvgIpc) is 3.03. The van der Waals surface area contributed by atoms with Gasteiger partial charge in [-0.05, 0) is 45.2 Å². The molecule has 0 bridgehead atoms. The maximum atomic E-state index is 11.8. The highest BCUT2D eigenvalue weighted by Crippen LogP contribution is 2.18. The van der Waals surface area contributed by atoms with Crippen molar-refractivity contribution in [3.8, 4) is 0 Å². The Morgan fingerprint density at radius 3 is 2.54 bits per heavy atom. The Hall–Kier alpha value is -2.96. The lowest BCUT2D eigenvalue weighted by Gasteiger charge is -2.19. The molecule has 0 atom stereocenters. The van der Waals surface area contributed by atoms with Gasteiger partial charge in [0.2, 0.25) is 0 Å². The summed E-state index contributed by atoms with van der Waals surface area (Å²) in [5.41, 5.74) is 1.89. The van der Waals surface area contributed by atoms with Crippen LogP contribution in [0.15, 0.2) is 42.6 Å². The highest BCUT2D eigenvalue weighted by Gasteiger charge is 2.14. The van der Waals surface area contributed by atoms with E-state index in [9.17, 15) is 9.59 Å². The van der Waals surface area contributed by atoms with Crippen molar-refractivity contribution in [3.63, 3.8) is 0 Å². The molecule has 7 heteroatoms. The van der Waals surface area contributed by atoms with Crippen molar-refractivity contribution in [1.29, 1.82) is 0 Å². The molecule has 7 nitrogen and oxygen atoms in total. The number of para-hydroxylation sites is 1. The zero-order valence-electron chi connectivity index (χ0n) is 16.8. The zero-order valence-corrected chi connectivity index (χ0v) is 16.8. The fourth-order valence-corrected chi connectivity index (χ4v) is 2.66. The number of carbonyl (C=O) groups excluding carboxylic acids is 2. The summed E-state index contributed by atoms with van der Waals surface area (Å²) in [6, 6.07) is 7.99. The molecule has 28 heavy (non-hydrogen) atoms. The summed E-state index contributed by atoms with van der Waals surface area (Å²) in [5, 5.41) is 9.44. The van der Waals surface area contributed by atoms with Crippen molar-refractivity contribution in [1.82, 2.24) is 20.9 Å². The van der Waals surface area contributed by atoms with Gasteiger partial charge in [-0.3, -0.25) is 0 Å². The van der Waals surface area contributed by atoms with Crippen LogP contribution in [-0.2, 0) is 11.2 Å². The van der Waals surface area contributed by atoms with Gasteiger partial charge in [0.15, 0.2) is 0 Å². The molecule has 0 fully saturated rings. The Bertz CT molecular complexity index is 805. The first-order valence-corrected chi connectivity index (χ1v) is 9.54. The van der Waals surface area contributed by atoms with Crippen LogP contribution in [0, 0.1) is 0 Å². The normalized spacial score (nSPS) is 11.5. The number of fused-ring (bicyclic) bond motifs is 1. The Balaban J connectivity index is 1.54. The minimum Gasteiger partial charge on any atom is -0.444 e. The lowest BCUT2D eigenvalue weighted by Crippen LogP contribution is -2.36. The monoisotopic (exact) mass is 386 g/mol.